The predicted molar refractivity (Wildman–Crippen MR) is 81.0 cm³/mol. The van der Waals surface area contributed by atoms with Gasteiger partial charge in [0.05, 0.1) is 31.5 Å². The van der Waals surface area contributed by atoms with Crippen LogP contribution in [0.3, 0.4) is 0 Å². The fraction of sp³-hybridized carbons (Fsp3) is 0.733. The Labute approximate surface area is 126 Å². The molecule has 118 valence electrons. The van der Waals surface area contributed by atoms with E-state index in [0.29, 0.717) is 19.6 Å². The first-order valence-corrected chi connectivity index (χ1v) is 7.59. The smallest absolute Gasteiger partial charge is 0.236 e. The van der Waals surface area contributed by atoms with Crippen molar-refractivity contribution in [2.45, 2.75) is 52.5 Å². The molecule has 1 aliphatic heterocycles. The normalized spacial score (nSPS) is 24.1. The van der Waals surface area contributed by atoms with Crippen LogP contribution in [0.15, 0.2) is 12.4 Å². The molecule has 0 spiro atoms. The highest BCUT2D eigenvalue weighted by Gasteiger charge is 2.25. The first-order chi connectivity index (χ1) is 9.94. The van der Waals surface area contributed by atoms with Crippen molar-refractivity contribution < 1.29 is 9.53 Å². The molecule has 1 saturated heterocycles. The van der Waals surface area contributed by atoms with Crippen LogP contribution < -0.4 is 5.32 Å². The standard InChI is InChI=1S/C15H26N4O2/c1-11-5-17-19(7-11)8-12(2)16-6-15(20)18-9-13(3)21-14(4)10-18/h5,7,12-14,16H,6,8-10H2,1-4H3/t12-,13-,14+/m0/s1. The van der Waals surface area contributed by atoms with Crippen LogP contribution in [-0.2, 0) is 16.1 Å². The second-order valence-corrected chi connectivity index (χ2v) is 6.08. The fourth-order valence-corrected chi connectivity index (χ4v) is 2.67. The Morgan fingerprint density at radius 1 is 1.48 bits per heavy atom. The maximum Gasteiger partial charge on any atom is 0.236 e. The van der Waals surface area contributed by atoms with Crippen molar-refractivity contribution in [2.24, 2.45) is 0 Å². The minimum Gasteiger partial charge on any atom is -0.372 e. The average molecular weight is 294 g/mol. The number of carbonyl (C=O) groups excluding carboxylic acids is 1. The van der Waals surface area contributed by atoms with Crippen molar-refractivity contribution >= 4 is 5.91 Å². The van der Waals surface area contributed by atoms with Crippen LogP contribution in [0.2, 0.25) is 0 Å². The van der Waals surface area contributed by atoms with Crippen LogP contribution in [0.5, 0.6) is 0 Å². The Hall–Kier alpha value is -1.40. The van der Waals surface area contributed by atoms with Gasteiger partial charge < -0.3 is 15.0 Å². The first-order valence-electron chi connectivity index (χ1n) is 7.59. The Morgan fingerprint density at radius 3 is 2.71 bits per heavy atom. The highest BCUT2D eigenvalue weighted by molar-refractivity contribution is 5.78. The molecule has 1 aliphatic rings. The molecule has 1 N–H and O–H groups in total. The van der Waals surface area contributed by atoms with E-state index in [2.05, 4.69) is 17.3 Å². The molecule has 6 nitrogen and oxygen atoms in total. The van der Waals surface area contributed by atoms with Crippen molar-refractivity contribution in [3.8, 4) is 0 Å². The highest BCUT2D eigenvalue weighted by Crippen LogP contribution is 2.10. The summed E-state index contributed by atoms with van der Waals surface area (Å²) in [6.45, 7) is 10.6. The summed E-state index contributed by atoms with van der Waals surface area (Å²) < 4.78 is 7.55. The largest absolute Gasteiger partial charge is 0.372 e. The lowest BCUT2D eigenvalue weighted by Gasteiger charge is -2.35. The predicted octanol–water partition coefficient (Wildman–Crippen LogP) is 0.805. The molecule has 1 aromatic rings. The fourth-order valence-electron chi connectivity index (χ4n) is 2.67. The zero-order chi connectivity index (χ0) is 15.4. The summed E-state index contributed by atoms with van der Waals surface area (Å²) in [7, 11) is 0. The molecule has 0 radical (unpaired) electrons. The number of aryl methyl sites for hydroxylation is 1. The summed E-state index contributed by atoms with van der Waals surface area (Å²) in [4.78, 5) is 14.1. The van der Waals surface area contributed by atoms with E-state index in [0.717, 1.165) is 12.1 Å². The molecule has 1 amide bonds. The van der Waals surface area contributed by atoms with Crippen molar-refractivity contribution in [3.63, 3.8) is 0 Å². The van der Waals surface area contributed by atoms with E-state index in [4.69, 9.17) is 4.74 Å². The number of ether oxygens (including phenoxy) is 1. The van der Waals surface area contributed by atoms with Crippen LogP contribution in [0.1, 0.15) is 26.3 Å². The molecule has 1 fully saturated rings. The summed E-state index contributed by atoms with van der Waals surface area (Å²) in [5, 5.41) is 7.53. The summed E-state index contributed by atoms with van der Waals surface area (Å²) in [6.07, 6.45) is 4.07. The van der Waals surface area contributed by atoms with E-state index < -0.39 is 0 Å². The minimum absolute atomic E-state index is 0.113. The molecule has 6 heteroatoms. The maximum absolute atomic E-state index is 12.2. The second-order valence-electron chi connectivity index (χ2n) is 6.08. The number of morpholine rings is 1. The Morgan fingerprint density at radius 2 is 2.14 bits per heavy atom. The molecule has 1 aromatic heterocycles. The van der Waals surface area contributed by atoms with E-state index in [1.54, 1.807) is 0 Å². The minimum atomic E-state index is 0.113. The van der Waals surface area contributed by atoms with Crippen LogP contribution in [0, 0.1) is 6.92 Å². The average Bonchev–Trinajstić information content (AvgIpc) is 2.80. The molecule has 21 heavy (non-hydrogen) atoms. The number of nitrogens with one attached hydrogen (secondary N) is 1. The van der Waals surface area contributed by atoms with Crippen LogP contribution in [0.4, 0.5) is 0 Å². The molecule has 0 bridgehead atoms. The molecular formula is C15H26N4O2. The van der Waals surface area contributed by atoms with Gasteiger partial charge in [-0.3, -0.25) is 9.48 Å². The van der Waals surface area contributed by atoms with Gasteiger partial charge in [-0.2, -0.15) is 5.10 Å². The molecule has 0 unspecified atom stereocenters. The van der Waals surface area contributed by atoms with Crippen molar-refractivity contribution in [1.29, 1.82) is 0 Å². The molecule has 2 heterocycles. The van der Waals surface area contributed by atoms with Crippen molar-refractivity contribution in [1.82, 2.24) is 20.0 Å². The van der Waals surface area contributed by atoms with Gasteiger partial charge in [-0.25, -0.2) is 0 Å². The van der Waals surface area contributed by atoms with E-state index in [1.165, 1.54) is 0 Å². The zero-order valence-electron chi connectivity index (χ0n) is 13.4. The summed E-state index contributed by atoms with van der Waals surface area (Å²) in [5.41, 5.74) is 1.15. The molecule has 0 saturated carbocycles. The van der Waals surface area contributed by atoms with Gasteiger partial charge in [-0.15, -0.1) is 0 Å². The van der Waals surface area contributed by atoms with Crippen LogP contribution >= 0.6 is 0 Å². The van der Waals surface area contributed by atoms with Gasteiger partial charge in [0.25, 0.3) is 0 Å². The Balaban J connectivity index is 1.75. The maximum atomic E-state index is 12.2. The topological polar surface area (TPSA) is 59.4 Å². The molecule has 3 atom stereocenters. The van der Waals surface area contributed by atoms with Gasteiger partial charge in [0, 0.05) is 25.3 Å². The molecule has 2 rings (SSSR count). The van der Waals surface area contributed by atoms with Crippen molar-refractivity contribution in [3.05, 3.63) is 18.0 Å². The SMILES string of the molecule is Cc1cnn(C[C@H](C)NCC(=O)N2C[C@@H](C)O[C@@H](C)C2)c1. The van der Waals surface area contributed by atoms with E-state index in [-0.39, 0.29) is 24.2 Å². The number of hydrogen-bond acceptors (Lipinski definition) is 4. The van der Waals surface area contributed by atoms with E-state index in [1.807, 2.05) is 42.7 Å². The third-order valence-electron chi connectivity index (χ3n) is 3.60. The van der Waals surface area contributed by atoms with Gasteiger partial charge in [0.1, 0.15) is 0 Å². The van der Waals surface area contributed by atoms with Crippen molar-refractivity contribution in [2.75, 3.05) is 19.6 Å². The lowest BCUT2D eigenvalue weighted by molar-refractivity contribution is -0.142. The highest BCUT2D eigenvalue weighted by atomic mass is 16.5. The number of carbonyl (C=O) groups is 1. The monoisotopic (exact) mass is 294 g/mol. The molecule has 0 aromatic carbocycles. The van der Waals surface area contributed by atoms with E-state index >= 15 is 0 Å². The summed E-state index contributed by atoms with van der Waals surface area (Å²) in [6, 6.07) is 0.198. The number of hydrogen-bond donors (Lipinski definition) is 1. The summed E-state index contributed by atoms with van der Waals surface area (Å²) in [5.74, 6) is 0.139. The van der Waals surface area contributed by atoms with Gasteiger partial charge >= 0.3 is 0 Å². The third-order valence-corrected chi connectivity index (χ3v) is 3.60. The lowest BCUT2D eigenvalue weighted by Crippen LogP contribution is -2.51. The molecular weight excluding hydrogens is 268 g/mol. The number of nitrogens with zero attached hydrogens (tertiary/aromatic N) is 3. The molecule has 0 aliphatic carbocycles. The Bertz CT molecular complexity index is 464. The zero-order valence-corrected chi connectivity index (χ0v) is 13.4. The third kappa shape index (κ3) is 4.82. The number of amides is 1. The first kappa shape index (κ1) is 16.0. The van der Waals surface area contributed by atoms with Gasteiger partial charge in [-0.05, 0) is 33.3 Å². The van der Waals surface area contributed by atoms with Gasteiger partial charge in [0.2, 0.25) is 5.91 Å². The summed E-state index contributed by atoms with van der Waals surface area (Å²) >= 11 is 0. The Kier molecular flexibility index (Phi) is 5.36. The lowest BCUT2D eigenvalue weighted by atomic mass is 10.2. The number of rotatable bonds is 5. The van der Waals surface area contributed by atoms with Gasteiger partial charge in [-0.1, -0.05) is 0 Å². The van der Waals surface area contributed by atoms with Crippen LogP contribution in [-0.4, -0.2) is 58.5 Å². The van der Waals surface area contributed by atoms with Gasteiger partial charge in [0.15, 0.2) is 0 Å². The number of aromatic nitrogens is 2. The quantitative estimate of drug-likeness (QED) is 0.873. The van der Waals surface area contributed by atoms with E-state index in [9.17, 15) is 4.79 Å². The van der Waals surface area contributed by atoms with Crippen LogP contribution in [0.25, 0.3) is 0 Å². The second kappa shape index (κ2) is 7.04.